The highest BCUT2D eigenvalue weighted by Crippen LogP contribution is 2.58. The average molecular weight is 180 g/mol. The number of rotatable bonds is 1. The summed E-state index contributed by atoms with van der Waals surface area (Å²) in [5, 5.41) is 19.1. The molecule has 13 heavy (non-hydrogen) atoms. The van der Waals surface area contributed by atoms with Gasteiger partial charge in [0, 0.05) is 12.5 Å². The molecule has 0 saturated heterocycles. The van der Waals surface area contributed by atoms with Crippen LogP contribution in [-0.4, -0.2) is 22.9 Å². The van der Waals surface area contributed by atoms with E-state index in [2.05, 4.69) is 12.2 Å². The van der Waals surface area contributed by atoms with Crippen LogP contribution < -0.4 is 0 Å². The summed E-state index contributed by atoms with van der Waals surface area (Å²) in [5.74, 6) is 2.58. The highest BCUT2D eigenvalue weighted by Gasteiger charge is 2.56. The second-order valence-electron chi connectivity index (χ2n) is 4.81. The Hall–Kier alpha value is -0.340. The van der Waals surface area contributed by atoms with Gasteiger partial charge in [0.25, 0.3) is 0 Å². The third-order valence-electron chi connectivity index (χ3n) is 4.49. The summed E-state index contributed by atoms with van der Waals surface area (Å²) in [7, 11) is 0. The van der Waals surface area contributed by atoms with Crippen LogP contribution in [0.4, 0.5) is 0 Å². The van der Waals surface area contributed by atoms with E-state index in [-0.39, 0.29) is 18.6 Å². The van der Waals surface area contributed by atoms with Crippen LogP contribution in [-0.2, 0) is 0 Å². The minimum Gasteiger partial charge on any atom is -0.396 e. The minimum atomic E-state index is -0.237. The van der Waals surface area contributed by atoms with Crippen LogP contribution in [0.1, 0.15) is 12.8 Å². The lowest BCUT2D eigenvalue weighted by molar-refractivity contribution is -0.00531. The van der Waals surface area contributed by atoms with E-state index in [0.29, 0.717) is 17.8 Å². The van der Waals surface area contributed by atoms with Crippen LogP contribution in [0.25, 0.3) is 0 Å². The first-order valence-corrected chi connectivity index (χ1v) is 5.28. The predicted octanol–water partition coefficient (Wildman–Crippen LogP) is 0.798. The van der Waals surface area contributed by atoms with Crippen molar-refractivity contribution in [3.8, 4) is 0 Å². The summed E-state index contributed by atoms with van der Waals surface area (Å²) >= 11 is 0. The van der Waals surface area contributed by atoms with Gasteiger partial charge < -0.3 is 10.2 Å². The van der Waals surface area contributed by atoms with Crippen LogP contribution in [0.15, 0.2) is 12.2 Å². The maximum atomic E-state index is 9.93. The van der Waals surface area contributed by atoms with Crippen LogP contribution >= 0.6 is 0 Å². The van der Waals surface area contributed by atoms with E-state index in [1.165, 1.54) is 6.42 Å². The van der Waals surface area contributed by atoms with E-state index in [4.69, 9.17) is 0 Å². The first-order chi connectivity index (χ1) is 6.33. The fraction of sp³-hybridized carbons (Fsp3) is 0.818. The number of hydrogen-bond donors (Lipinski definition) is 2. The molecule has 2 saturated carbocycles. The molecule has 3 aliphatic carbocycles. The first kappa shape index (κ1) is 8.01. The molecule has 2 heteroatoms. The molecule has 0 heterocycles. The van der Waals surface area contributed by atoms with Gasteiger partial charge in [-0.15, -0.1) is 0 Å². The monoisotopic (exact) mass is 180 g/mol. The molecule has 2 nitrogen and oxygen atoms in total. The average Bonchev–Trinajstić information content (AvgIpc) is 2.71. The van der Waals surface area contributed by atoms with Gasteiger partial charge in [-0.25, -0.2) is 0 Å². The van der Waals surface area contributed by atoms with Crippen molar-refractivity contribution in [2.24, 2.45) is 29.6 Å². The fourth-order valence-electron chi connectivity index (χ4n) is 3.93. The Bertz CT molecular complexity index is 246. The number of allylic oxidation sites excluding steroid dienone is 2. The van der Waals surface area contributed by atoms with E-state index in [1.807, 2.05) is 0 Å². The normalized spacial score (nSPS) is 57.4. The lowest BCUT2D eigenvalue weighted by Gasteiger charge is -2.34. The Morgan fingerprint density at radius 3 is 2.85 bits per heavy atom. The topological polar surface area (TPSA) is 40.5 Å². The quantitative estimate of drug-likeness (QED) is 0.586. The van der Waals surface area contributed by atoms with Crippen molar-refractivity contribution in [1.29, 1.82) is 0 Å². The van der Waals surface area contributed by atoms with Crippen LogP contribution in [0.2, 0.25) is 0 Å². The van der Waals surface area contributed by atoms with Gasteiger partial charge in [-0.3, -0.25) is 0 Å². The van der Waals surface area contributed by atoms with Crippen LogP contribution in [0.5, 0.6) is 0 Å². The largest absolute Gasteiger partial charge is 0.396 e. The van der Waals surface area contributed by atoms with Gasteiger partial charge in [-0.1, -0.05) is 12.2 Å². The lowest BCUT2D eigenvalue weighted by atomic mass is 9.74. The highest BCUT2D eigenvalue weighted by molar-refractivity contribution is 5.16. The molecule has 0 aliphatic heterocycles. The van der Waals surface area contributed by atoms with E-state index in [1.54, 1.807) is 0 Å². The zero-order valence-electron chi connectivity index (χ0n) is 7.63. The third kappa shape index (κ3) is 0.856. The standard InChI is InChI=1S/C11H16O2/c12-5-10-8-4-9(11(10)13)7-3-1-2-6(7)8/h1,3,6-13H,2,4-5H2/t6-,7+,8-,9-,10+,11-/m0/s1. The van der Waals surface area contributed by atoms with E-state index < -0.39 is 0 Å². The van der Waals surface area contributed by atoms with Crippen molar-refractivity contribution in [2.45, 2.75) is 18.9 Å². The molecule has 0 aromatic carbocycles. The summed E-state index contributed by atoms with van der Waals surface area (Å²) in [6.07, 6.45) is 6.62. The van der Waals surface area contributed by atoms with Crippen molar-refractivity contribution >= 4 is 0 Å². The van der Waals surface area contributed by atoms with Crippen molar-refractivity contribution < 1.29 is 10.2 Å². The fourth-order valence-corrected chi connectivity index (χ4v) is 3.93. The minimum absolute atomic E-state index is 0.172. The predicted molar refractivity (Wildman–Crippen MR) is 48.9 cm³/mol. The summed E-state index contributed by atoms with van der Waals surface area (Å²) in [4.78, 5) is 0. The second kappa shape index (κ2) is 2.58. The highest BCUT2D eigenvalue weighted by atomic mass is 16.3. The number of aliphatic hydroxyl groups excluding tert-OH is 2. The Balaban J connectivity index is 1.90. The maximum absolute atomic E-state index is 9.93. The zero-order chi connectivity index (χ0) is 9.00. The Morgan fingerprint density at radius 1 is 1.23 bits per heavy atom. The Labute approximate surface area is 78.3 Å². The van der Waals surface area contributed by atoms with Crippen molar-refractivity contribution in [3.05, 3.63) is 12.2 Å². The van der Waals surface area contributed by atoms with Crippen LogP contribution in [0, 0.1) is 29.6 Å². The molecule has 2 N–H and O–H groups in total. The number of fused-ring (bicyclic) bond motifs is 5. The molecule has 2 bridgehead atoms. The van der Waals surface area contributed by atoms with E-state index in [9.17, 15) is 10.2 Å². The molecule has 0 amide bonds. The smallest absolute Gasteiger partial charge is 0.0627 e. The summed E-state index contributed by atoms with van der Waals surface area (Å²) in [6.45, 7) is 0.172. The van der Waals surface area contributed by atoms with Gasteiger partial charge >= 0.3 is 0 Å². The number of hydrogen-bond acceptors (Lipinski definition) is 2. The molecular weight excluding hydrogens is 164 g/mol. The molecule has 0 spiro atoms. The Morgan fingerprint density at radius 2 is 2.08 bits per heavy atom. The van der Waals surface area contributed by atoms with Gasteiger partial charge in [0.1, 0.15) is 0 Å². The van der Waals surface area contributed by atoms with Gasteiger partial charge in [-0.2, -0.15) is 0 Å². The second-order valence-corrected chi connectivity index (χ2v) is 4.81. The summed E-state index contributed by atoms with van der Waals surface area (Å²) < 4.78 is 0. The molecular formula is C11H16O2. The van der Waals surface area contributed by atoms with Gasteiger partial charge in [0.2, 0.25) is 0 Å². The molecule has 0 aromatic heterocycles. The molecule has 0 radical (unpaired) electrons. The molecule has 6 atom stereocenters. The lowest BCUT2D eigenvalue weighted by Crippen LogP contribution is -2.38. The van der Waals surface area contributed by atoms with Crippen molar-refractivity contribution in [2.75, 3.05) is 6.61 Å². The molecule has 0 aromatic rings. The third-order valence-corrected chi connectivity index (χ3v) is 4.49. The summed E-state index contributed by atoms with van der Waals surface area (Å²) in [6, 6.07) is 0. The van der Waals surface area contributed by atoms with Crippen molar-refractivity contribution in [3.63, 3.8) is 0 Å². The Kier molecular flexibility index (Phi) is 1.59. The molecule has 3 rings (SSSR count). The first-order valence-electron chi connectivity index (χ1n) is 5.28. The number of aliphatic hydroxyl groups is 2. The molecule has 2 fully saturated rings. The van der Waals surface area contributed by atoms with Gasteiger partial charge in [0.15, 0.2) is 0 Å². The molecule has 3 aliphatic rings. The van der Waals surface area contributed by atoms with Gasteiger partial charge in [-0.05, 0) is 36.5 Å². The van der Waals surface area contributed by atoms with Crippen molar-refractivity contribution in [1.82, 2.24) is 0 Å². The zero-order valence-corrected chi connectivity index (χ0v) is 7.63. The van der Waals surface area contributed by atoms with E-state index >= 15 is 0 Å². The summed E-state index contributed by atoms with van der Waals surface area (Å²) in [5.41, 5.74) is 0. The molecule has 0 unspecified atom stereocenters. The maximum Gasteiger partial charge on any atom is 0.0627 e. The van der Waals surface area contributed by atoms with Crippen LogP contribution in [0.3, 0.4) is 0 Å². The van der Waals surface area contributed by atoms with Gasteiger partial charge in [0.05, 0.1) is 6.10 Å². The van der Waals surface area contributed by atoms with E-state index in [0.717, 1.165) is 12.3 Å². The molecule has 72 valence electrons. The SMILES string of the molecule is OC[C@H]1[C@@H](O)[C@H]2C[C@H]1[C@H]1CC=C[C@@H]21.